The highest BCUT2D eigenvalue weighted by Gasteiger charge is 2.21. The molecule has 4 nitrogen and oxygen atoms in total. The van der Waals surface area contributed by atoms with Gasteiger partial charge >= 0.3 is 0 Å². The fraction of sp³-hybridized carbons (Fsp3) is 0.500. The molecule has 17 heavy (non-hydrogen) atoms. The van der Waals surface area contributed by atoms with Gasteiger partial charge in [0.15, 0.2) is 11.5 Å². The number of hydrogen-bond acceptors (Lipinski definition) is 4. The zero-order valence-corrected chi connectivity index (χ0v) is 10.5. The number of hydrogen-bond donors (Lipinski definition) is 2. The molecule has 0 radical (unpaired) electrons. The van der Waals surface area contributed by atoms with E-state index in [4.69, 9.17) is 26.8 Å². The quantitative estimate of drug-likeness (QED) is 0.852. The first kappa shape index (κ1) is 12.3. The standard InChI is InChI=1S/C12H16ClNO3/c1-7(14)5-8-11(15)9(13)6-10-12(8)17-4-2-3-16-10/h6-7,15H,2-5,14H2,1H3. The van der Waals surface area contributed by atoms with Crippen molar-refractivity contribution in [1.29, 1.82) is 0 Å². The predicted molar refractivity (Wildman–Crippen MR) is 66.1 cm³/mol. The van der Waals surface area contributed by atoms with Crippen LogP contribution in [0.25, 0.3) is 0 Å². The largest absolute Gasteiger partial charge is 0.506 e. The fourth-order valence-corrected chi connectivity index (χ4v) is 2.05. The highest BCUT2D eigenvalue weighted by Crippen LogP contribution is 2.43. The molecule has 1 unspecified atom stereocenters. The molecule has 1 aliphatic rings. The highest BCUT2D eigenvalue weighted by atomic mass is 35.5. The van der Waals surface area contributed by atoms with E-state index in [-0.39, 0.29) is 16.8 Å². The van der Waals surface area contributed by atoms with Gasteiger partial charge in [0.1, 0.15) is 5.75 Å². The van der Waals surface area contributed by atoms with Crippen LogP contribution in [0.15, 0.2) is 6.07 Å². The summed E-state index contributed by atoms with van der Waals surface area (Å²) < 4.78 is 11.2. The Morgan fingerprint density at radius 3 is 2.88 bits per heavy atom. The Morgan fingerprint density at radius 2 is 2.18 bits per heavy atom. The molecular formula is C12H16ClNO3. The van der Waals surface area contributed by atoms with Crippen molar-refractivity contribution in [2.75, 3.05) is 13.2 Å². The number of rotatable bonds is 2. The Bertz CT molecular complexity index is 421. The van der Waals surface area contributed by atoms with Crippen LogP contribution in [0.2, 0.25) is 5.02 Å². The van der Waals surface area contributed by atoms with Crippen molar-refractivity contribution in [3.05, 3.63) is 16.7 Å². The molecule has 2 rings (SSSR count). The molecule has 5 heteroatoms. The van der Waals surface area contributed by atoms with Crippen LogP contribution in [-0.4, -0.2) is 24.4 Å². The molecule has 0 aromatic heterocycles. The minimum atomic E-state index is -0.0877. The van der Waals surface area contributed by atoms with Gasteiger partial charge in [0.05, 0.1) is 18.2 Å². The second-order valence-corrected chi connectivity index (χ2v) is 4.65. The van der Waals surface area contributed by atoms with Gasteiger partial charge in [-0.3, -0.25) is 0 Å². The van der Waals surface area contributed by atoms with Crippen molar-refractivity contribution in [2.24, 2.45) is 5.73 Å². The van der Waals surface area contributed by atoms with E-state index in [9.17, 15) is 5.11 Å². The van der Waals surface area contributed by atoms with Gasteiger partial charge < -0.3 is 20.3 Å². The number of phenols is 1. The number of nitrogens with two attached hydrogens (primary N) is 1. The molecule has 1 atom stereocenters. The van der Waals surface area contributed by atoms with E-state index in [2.05, 4.69) is 0 Å². The molecule has 1 aliphatic heterocycles. The van der Waals surface area contributed by atoms with Crippen LogP contribution >= 0.6 is 11.6 Å². The second-order valence-electron chi connectivity index (χ2n) is 4.24. The molecule has 0 spiro atoms. The maximum Gasteiger partial charge on any atom is 0.168 e. The maximum absolute atomic E-state index is 9.97. The number of halogens is 1. The van der Waals surface area contributed by atoms with Crippen molar-refractivity contribution in [3.8, 4) is 17.2 Å². The SMILES string of the molecule is CC(N)Cc1c(O)c(Cl)cc2c1OCCCO2. The minimum Gasteiger partial charge on any atom is -0.506 e. The van der Waals surface area contributed by atoms with Gasteiger partial charge in [-0.25, -0.2) is 0 Å². The van der Waals surface area contributed by atoms with Crippen molar-refractivity contribution in [2.45, 2.75) is 25.8 Å². The van der Waals surface area contributed by atoms with Gasteiger partial charge in [0.25, 0.3) is 0 Å². The number of phenolic OH excluding ortho intramolecular Hbond substituents is 1. The lowest BCUT2D eigenvalue weighted by Crippen LogP contribution is -2.18. The van der Waals surface area contributed by atoms with E-state index in [1.165, 1.54) is 0 Å². The second kappa shape index (κ2) is 5.02. The molecule has 0 saturated carbocycles. The van der Waals surface area contributed by atoms with Gasteiger partial charge in [0, 0.05) is 24.1 Å². The molecule has 1 aromatic carbocycles. The van der Waals surface area contributed by atoms with Crippen molar-refractivity contribution < 1.29 is 14.6 Å². The first-order chi connectivity index (χ1) is 8.09. The normalized spacial score (nSPS) is 16.4. The third-order valence-electron chi connectivity index (χ3n) is 2.59. The molecule has 1 heterocycles. The summed E-state index contributed by atoms with van der Waals surface area (Å²) in [6.45, 7) is 3.02. The van der Waals surface area contributed by atoms with Crippen LogP contribution in [0.5, 0.6) is 17.2 Å². The van der Waals surface area contributed by atoms with E-state index in [1.54, 1.807) is 6.07 Å². The summed E-state index contributed by atoms with van der Waals surface area (Å²) in [5.74, 6) is 1.19. The average Bonchev–Trinajstić information content (AvgIpc) is 2.49. The summed E-state index contributed by atoms with van der Waals surface area (Å²) >= 11 is 5.96. The van der Waals surface area contributed by atoms with Gasteiger partial charge in [0.2, 0.25) is 0 Å². The van der Waals surface area contributed by atoms with Gasteiger partial charge in [-0.15, -0.1) is 0 Å². The Morgan fingerprint density at radius 1 is 1.47 bits per heavy atom. The lowest BCUT2D eigenvalue weighted by atomic mass is 10.0. The van der Waals surface area contributed by atoms with Crippen LogP contribution in [-0.2, 0) is 6.42 Å². The molecule has 3 N–H and O–H groups in total. The van der Waals surface area contributed by atoms with Crippen molar-refractivity contribution in [3.63, 3.8) is 0 Å². The first-order valence-corrected chi connectivity index (χ1v) is 6.03. The summed E-state index contributed by atoms with van der Waals surface area (Å²) in [7, 11) is 0. The van der Waals surface area contributed by atoms with E-state index in [0.717, 1.165) is 6.42 Å². The molecule has 0 bridgehead atoms. The maximum atomic E-state index is 9.97. The monoisotopic (exact) mass is 257 g/mol. The third-order valence-corrected chi connectivity index (χ3v) is 2.87. The van der Waals surface area contributed by atoms with Crippen LogP contribution < -0.4 is 15.2 Å². The molecule has 1 aromatic rings. The fourth-order valence-electron chi connectivity index (χ4n) is 1.84. The summed E-state index contributed by atoms with van der Waals surface area (Å²) in [6, 6.07) is 1.50. The molecule has 0 saturated heterocycles. The number of benzene rings is 1. The molecule has 0 aliphatic carbocycles. The molecule has 94 valence electrons. The summed E-state index contributed by atoms with van der Waals surface area (Å²) in [5.41, 5.74) is 6.39. The number of ether oxygens (including phenoxy) is 2. The van der Waals surface area contributed by atoms with Gasteiger partial charge in [-0.05, 0) is 13.3 Å². The zero-order valence-electron chi connectivity index (χ0n) is 9.70. The van der Waals surface area contributed by atoms with E-state index >= 15 is 0 Å². The summed E-state index contributed by atoms with van der Waals surface area (Å²) in [5, 5.41) is 10.2. The van der Waals surface area contributed by atoms with Crippen molar-refractivity contribution in [1.82, 2.24) is 0 Å². The molecule has 0 amide bonds. The van der Waals surface area contributed by atoms with Crippen LogP contribution in [0.3, 0.4) is 0 Å². The van der Waals surface area contributed by atoms with E-state index < -0.39 is 0 Å². The highest BCUT2D eigenvalue weighted by molar-refractivity contribution is 6.32. The molecule has 0 fully saturated rings. The number of aromatic hydroxyl groups is 1. The topological polar surface area (TPSA) is 64.7 Å². The smallest absolute Gasteiger partial charge is 0.168 e. The van der Waals surface area contributed by atoms with E-state index in [0.29, 0.717) is 36.7 Å². The Balaban J connectivity index is 2.49. The van der Waals surface area contributed by atoms with Crippen molar-refractivity contribution >= 4 is 11.6 Å². The average molecular weight is 258 g/mol. The zero-order chi connectivity index (χ0) is 12.4. The third kappa shape index (κ3) is 2.58. The summed E-state index contributed by atoms with van der Waals surface area (Å²) in [6.07, 6.45) is 1.31. The van der Waals surface area contributed by atoms with Gasteiger partial charge in [-0.1, -0.05) is 11.6 Å². The Labute approximate surface area is 105 Å². The lowest BCUT2D eigenvalue weighted by Gasteiger charge is -2.16. The lowest BCUT2D eigenvalue weighted by molar-refractivity contribution is 0.295. The minimum absolute atomic E-state index is 0.0354. The van der Waals surface area contributed by atoms with Crippen LogP contribution in [0, 0.1) is 0 Å². The van der Waals surface area contributed by atoms with Crippen LogP contribution in [0.4, 0.5) is 0 Å². The van der Waals surface area contributed by atoms with E-state index in [1.807, 2.05) is 6.92 Å². The summed E-state index contributed by atoms with van der Waals surface area (Å²) in [4.78, 5) is 0. The molecular weight excluding hydrogens is 242 g/mol. The predicted octanol–water partition coefficient (Wildman–Crippen LogP) is 2.10. The number of fused-ring (bicyclic) bond motifs is 1. The Hall–Kier alpha value is -1.13. The van der Waals surface area contributed by atoms with Crippen LogP contribution in [0.1, 0.15) is 18.9 Å². The Kier molecular flexibility index (Phi) is 3.64. The van der Waals surface area contributed by atoms with Gasteiger partial charge in [-0.2, -0.15) is 0 Å². The first-order valence-electron chi connectivity index (χ1n) is 5.65.